The fourth-order valence-corrected chi connectivity index (χ4v) is 1.84. The number of nitrogens with one attached hydrogen (secondary N) is 1. The molecule has 0 aliphatic heterocycles. The molecule has 21 heavy (non-hydrogen) atoms. The molecule has 1 aromatic rings. The van der Waals surface area contributed by atoms with Crippen LogP contribution in [-0.4, -0.2) is 47.7 Å². The molecule has 1 rings (SSSR count). The van der Waals surface area contributed by atoms with E-state index in [0.717, 1.165) is 31.6 Å². The summed E-state index contributed by atoms with van der Waals surface area (Å²) in [4.78, 5) is 11.1. The first kappa shape index (κ1) is 17.7. The Morgan fingerprint density at radius 3 is 2.71 bits per heavy atom. The van der Waals surface area contributed by atoms with Gasteiger partial charge in [-0.25, -0.2) is 4.98 Å². The Kier molecular flexibility index (Phi) is 8.05. The molecule has 0 aliphatic carbocycles. The van der Waals surface area contributed by atoms with Crippen LogP contribution in [0.25, 0.3) is 0 Å². The lowest BCUT2D eigenvalue weighted by Gasteiger charge is -2.20. The van der Waals surface area contributed by atoms with E-state index in [0.29, 0.717) is 24.5 Å². The topological polar surface area (TPSA) is 50.3 Å². The molecule has 1 heterocycles. The van der Waals surface area contributed by atoms with E-state index in [4.69, 9.17) is 4.74 Å². The van der Waals surface area contributed by atoms with Crippen molar-refractivity contribution in [2.45, 2.75) is 53.0 Å². The fourth-order valence-electron chi connectivity index (χ4n) is 1.84. The lowest BCUT2D eigenvalue weighted by Crippen LogP contribution is -2.27. The van der Waals surface area contributed by atoms with E-state index in [1.165, 1.54) is 6.42 Å². The van der Waals surface area contributed by atoms with Crippen LogP contribution in [0, 0.1) is 6.92 Å². The van der Waals surface area contributed by atoms with Crippen LogP contribution in [0.2, 0.25) is 0 Å². The average molecular weight is 294 g/mol. The normalized spacial score (nSPS) is 11.2. The summed E-state index contributed by atoms with van der Waals surface area (Å²) < 4.78 is 5.56. The van der Waals surface area contributed by atoms with Gasteiger partial charge in [-0.15, -0.1) is 0 Å². The maximum absolute atomic E-state index is 5.56. The van der Waals surface area contributed by atoms with E-state index in [9.17, 15) is 0 Å². The van der Waals surface area contributed by atoms with Crippen LogP contribution in [0.3, 0.4) is 0 Å². The van der Waals surface area contributed by atoms with E-state index < -0.39 is 0 Å². The summed E-state index contributed by atoms with van der Waals surface area (Å²) in [6, 6.07) is 2.48. The maximum Gasteiger partial charge on any atom is 0.226 e. The van der Waals surface area contributed by atoms with Crippen molar-refractivity contribution in [2.75, 3.05) is 32.1 Å². The summed E-state index contributed by atoms with van der Waals surface area (Å²) in [5.74, 6) is 1.32. The maximum atomic E-state index is 5.56. The average Bonchev–Trinajstić information content (AvgIpc) is 2.43. The molecule has 1 aromatic heterocycles. The van der Waals surface area contributed by atoms with E-state index >= 15 is 0 Å². The Morgan fingerprint density at radius 1 is 1.29 bits per heavy atom. The molecule has 120 valence electrons. The predicted molar refractivity (Wildman–Crippen MR) is 88.0 cm³/mol. The molecule has 1 N–H and O–H groups in total. The van der Waals surface area contributed by atoms with Gasteiger partial charge in [-0.3, -0.25) is 0 Å². The van der Waals surface area contributed by atoms with Gasteiger partial charge >= 0.3 is 0 Å². The summed E-state index contributed by atoms with van der Waals surface area (Å²) in [6.07, 6.45) is 3.27. The summed E-state index contributed by atoms with van der Waals surface area (Å²) in [6.45, 7) is 11.2. The van der Waals surface area contributed by atoms with Gasteiger partial charge in [-0.2, -0.15) is 4.98 Å². The number of hydrogen-bond acceptors (Lipinski definition) is 5. The molecule has 0 radical (unpaired) electrons. The molecule has 0 amide bonds. The first-order valence-electron chi connectivity index (χ1n) is 7.95. The van der Waals surface area contributed by atoms with Crippen molar-refractivity contribution in [3.8, 4) is 5.88 Å². The minimum absolute atomic E-state index is 0.608. The third-order valence-electron chi connectivity index (χ3n) is 3.39. The van der Waals surface area contributed by atoms with Crippen LogP contribution in [0.15, 0.2) is 6.07 Å². The Hall–Kier alpha value is -1.36. The van der Waals surface area contributed by atoms with Crippen LogP contribution in [-0.2, 0) is 0 Å². The number of anilines is 1. The number of hydrogen-bond donors (Lipinski definition) is 1. The van der Waals surface area contributed by atoms with Crippen LogP contribution >= 0.6 is 0 Å². The van der Waals surface area contributed by atoms with Gasteiger partial charge in [0.1, 0.15) is 0 Å². The van der Waals surface area contributed by atoms with Crippen LogP contribution in [0.5, 0.6) is 5.88 Å². The molecule has 0 unspecified atom stereocenters. The first-order chi connectivity index (χ1) is 10.0. The van der Waals surface area contributed by atoms with E-state index in [1.54, 1.807) is 0 Å². The zero-order chi connectivity index (χ0) is 15.7. The molecule has 0 atom stereocenters. The summed E-state index contributed by atoms with van der Waals surface area (Å²) in [7, 11) is 2.17. The van der Waals surface area contributed by atoms with Crippen LogP contribution in [0.4, 0.5) is 5.95 Å². The van der Waals surface area contributed by atoms with Crippen molar-refractivity contribution in [2.24, 2.45) is 0 Å². The van der Waals surface area contributed by atoms with Crippen molar-refractivity contribution in [1.82, 2.24) is 14.9 Å². The summed E-state index contributed by atoms with van der Waals surface area (Å²) >= 11 is 0. The second-order valence-electron chi connectivity index (χ2n) is 5.73. The van der Waals surface area contributed by atoms with Crippen molar-refractivity contribution >= 4 is 5.95 Å². The standard InChI is InChI=1S/C16H30N4O/c1-6-11-21-15-12-14(4)18-16(19-15)17-9-7-8-10-20(5)13(2)3/h12-13H,6-11H2,1-5H3,(H,17,18,19). The summed E-state index contributed by atoms with van der Waals surface area (Å²) in [5, 5.41) is 3.28. The third-order valence-corrected chi connectivity index (χ3v) is 3.39. The smallest absolute Gasteiger partial charge is 0.226 e. The van der Waals surface area contributed by atoms with E-state index in [-0.39, 0.29) is 0 Å². The first-order valence-corrected chi connectivity index (χ1v) is 7.95. The van der Waals surface area contributed by atoms with Crippen molar-refractivity contribution in [3.05, 3.63) is 11.8 Å². The van der Waals surface area contributed by atoms with Crippen molar-refractivity contribution < 1.29 is 4.74 Å². The molecule has 0 fully saturated rings. The molecule has 0 saturated heterocycles. The Labute approximate surface area is 129 Å². The molecule has 5 nitrogen and oxygen atoms in total. The van der Waals surface area contributed by atoms with Crippen LogP contribution < -0.4 is 10.1 Å². The van der Waals surface area contributed by atoms with Gasteiger partial charge in [0.15, 0.2) is 0 Å². The highest BCUT2D eigenvalue weighted by atomic mass is 16.5. The quantitative estimate of drug-likeness (QED) is 0.672. The predicted octanol–water partition coefficient (Wildman–Crippen LogP) is 3.11. The molecule has 0 aliphatic rings. The molecule has 0 spiro atoms. The monoisotopic (exact) mass is 294 g/mol. The van der Waals surface area contributed by atoms with E-state index in [2.05, 4.69) is 48.0 Å². The molecule has 0 bridgehead atoms. The fraction of sp³-hybridized carbons (Fsp3) is 0.750. The minimum Gasteiger partial charge on any atom is -0.478 e. The SMILES string of the molecule is CCCOc1cc(C)nc(NCCCCN(C)C(C)C)n1. The van der Waals surface area contributed by atoms with Gasteiger partial charge in [0.2, 0.25) is 11.8 Å². The van der Waals surface area contributed by atoms with Gasteiger partial charge in [-0.05, 0) is 53.6 Å². The highest BCUT2D eigenvalue weighted by Gasteiger charge is 2.04. The third kappa shape index (κ3) is 7.27. The number of unbranched alkanes of at least 4 members (excludes halogenated alkanes) is 1. The highest BCUT2D eigenvalue weighted by molar-refractivity contribution is 5.30. The lowest BCUT2D eigenvalue weighted by atomic mass is 10.2. The zero-order valence-electron chi connectivity index (χ0n) is 14.1. The van der Waals surface area contributed by atoms with E-state index in [1.807, 2.05) is 13.0 Å². The zero-order valence-corrected chi connectivity index (χ0v) is 14.1. The second kappa shape index (κ2) is 9.55. The van der Waals surface area contributed by atoms with Gasteiger partial charge in [-0.1, -0.05) is 6.92 Å². The number of aryl methyl sites for hydroxylation is 1. The Morgan fingerprint density at radius 2 is 2.05 bits per heavy atom. The van der Waals surface area contributed by atoms with Crippen molar-refractivity contribution in [1.29, 1.82) is 0 Å². The van der Waals surface area contributed by atoms with Gasteiger partial charge in [0, 0.05) is 24.3 Å². The largest absolute Gasteiger partial charge is 0.478 e. The van der Waals surface area contributed by atoms with Gasteiger partial charge in [0.25, 0.3) is 0 Å². The minimum atomic E-state index is 0.608. The lowest BCUT2D eigenvalue weighted by molar-refractivity contribution is 0.269. The molecule has 0 aromatic carbocycles. The van der Waals surface area contributed by atoms with Gasteiger partial charge < -0.3 is 15.0 Å². The molecule has 5 heteroatoms. The number of aromatic nitrogens is 2. The Balaban J connectivity index is 2.33. The molecular formula is C16H30N4O. The van der Waals surface area contributed by atoms with Crippen molar-refractivity contribution in [3.63, 3.8) is 0 Å². The number of rotatable bonds is 10. The highest BCUT2D eigenvalue weighted by Crippen LogP contribution is 2.12. The van der Waals surface area contributed by atoms with Gasteiger partial charge in [0.05, 0.1) is 6.61 Å². The van der Waals surface area contributed by atoms with Crippen LogP contribution in [0.1, 0.15) is 45.7 Å². The molecule has 0 saturated carbocycles. The number of nitrogens with zero attached hydrogens (tertiary/aromatic N) is 3. The molecular weight excluding hydrogens is 264 g/mol. The second-order valence-corrected chi connectivity index (χ2v) is 5.73. The Bertz CT molecular complexity index is 409. The summed E-state index contributed by atoms with van der Waals surface area (Å²) in [5.41, 5.74) is 0.929. The number of ether oxygens (including phenoxy) is 1.